The van der Waals surface area contributed by atoms with E-state index in [0.717, 1.165) is 94.2 Å². The van der Waals surface area contributed by atoms with Gasteiger partial charge in [-0.3, -0.25) is 4.57 Å². The highest BCUT2D eigenvalue weighted by Crippen LogP contribution is 2.66. The third-order valence-corrected chi connectivity index (χ3v) is 11.7. The van der Waals surface area contributed by atoms with Crippen LogP contribution in [0.3, 0.4) is 0 Å². The van der Waals surface area contributed by atoms with Crippen molar-refractivity contribution in [1.82, 2.24) is 9.55 Å². The van der Waals surface area contributed by atoms with Gasteiger partial charge in [0.1, 0.15) is 5.82 Å². The minimum absolute atomic E-state index is 0.808. The van der Waals surface area contributed by atoms with Gasteiger partial charge in [-0.1, -0.05) is 146 Å². The first-order valence-electron chi connectivity index (χ1n) is 18.8. The van der Waals surface area contributed by atoms with Gasteiger partial charge in [0.2, 0.25) is 0 Å². The summed E-state index contributed by atoms with van der Waals surface area (Å²) in [7, 11) is 34.1. The molecule has 1 heterocycles. The summed E-state index contributed by atoms with van der Waals surface area (Å²) in [5, 5.41) is 1.26. The number of rotatable bonds is 6. The lowest BCUT2D eigenvalue weighted by Crippen LogP contribution is -2.50. The molecule has 7 heteroatoms. The van der Waals surface area contributed by atoms with Crippen LogP contribution in [-0.4, -0.2) is 48.8 Å². The monoisotopic (exact) mass is 702 g/mol. The number of para-hydroxylation sites is 3. The summed E-state index contributed by atoms with van der Waals surface area (Å²) in [6.07, 6.45) is 0. The number of fused-ring (bicyclic) bond motifs is 6. The zero-order valence-electron chi connectivity index (χ0n) is 30.9. The minimum Gasteiger partial charge on any atom is -0.292 e. The van der Waals surface area contributed by atoms with Crippen molar-refractivity contribution in [3.63, 3.8) is 0 Å². The summed E-state index contributed by atoms with van der Waals surface area (Å²) in [6, 6.07) is 59.1. The Bertz CT molecular complexity index is 2940. The molecule has 9 aromatic rings. The Labute approximate surface area is 334 Å². The van der Waals surface area contributed by atoms with Gasteiger partial charge in [-0.25, -0.2) is 4.98 Å². The Balaban J connectivity index is 1.22. The number of benzene rings is 8. The molecule has 8 aromatic carbocycles. The van der Waals surface area contributed by atoms with Gasteiger partial charge >= 0.3 is 0 Å². The Morgan fingerprint density at radius 3 is 1.66 bits per heavy atom. The summed E-state index contributed by atoms with van der Waals surface area (Å²) in [6.45, 7) is 1.75. The van der Waals surface area contributed by atoms with E-state index in [4.69, 9.17) is 44.2 Å². The zero-order valence-corrected chi connectivity index (χ0v) is 30.9. The van der Waals surface area contributed by atoms with E-state index in [2.05, 4.69) is 144 Å². The number of hydrogen-bond donors (Lipinski definition) is 0. The van der Waals surface area contributed by atoms with Gasteiger partial charge in [-0.2, -0.15) is 0 Å². The molecule has 0 fully saturated rings. The summed E-state index contributed by atoms with van der Waals surface area (Å²) in [4.78, 5) is 5.18. The van der Waals surface area contributed by atoms with E-state index in [1.165, 1.54) is 0 Å². The zero-order chi connectivity index (χ0) is 38.4. The van der Waals surface area contributed by atoms with Crippen LogP contribution in [-0.2, 0) is 5.41 Å². The number of hydrogen-bond acceptors (Lipinski definition) is 1. The van der Waals surface area contributed by atoms with Crippen LogP contribution >= 0.6 is 0 Å². The molecule has 1 aliphatic rings. The molecule has 56 heavy (non-hydrogen) atoms. The molecule has 252 valence electrons. The van der Waals surface area contributed by atoms with Crippen molar-refractivity contribution in [2.45, 2.75) is 22.7 Å². The second-order valence-electron chi connectivity index (χ2n) is 15.3. The van der Waals surface area contributed by atoms with E-state index in [1.807, 2.05) is 30.3 Å². The smallest absolute Gasteiger partial charge is 0.145 e. The van der Waals surface area contributed by atoms with Crippen molar-refractivity contribution in [2.24, 2.45) is 0 Å². The van der Waals surface area contributed by atoms with Crippen LogP contribution in [0.2, 0.25) is 10.3 Å². The van der Waals surface area contributed by atoms with Gasteiger partial charge in [0.15, 0.2) is 0 Å². The molecule has 10 radical (unpaired) electrons. The minimum atomic E-state index is -1.79. The molecule has 0 saturated carbocycles. The highest BCUT2D eigenvalue weighted by molar-refractivity contribution is 6.62. The van der Waals surface area contributed by atoms with Gasteiger partial charge in [0.05, 0.1) is 50.3 Å². The highest BCUT2D eigenvalue weighted by Gasteiger charge is 2.55. The van der Waals surface area contributed by atoms with Crippen molar-refractivity contribution in [2.75, 3.05) is 0 Å². The molecule has 0 saturated heterocycles. The first-order valence-corrected chi connectivity index (χ1v) is 18.8. The van der Waals surface area contributed by atoms with Crippen molar-refractivity contribution >= 4 is 71.8 Å². The average molecular weight is 702 g/mol. The van der Waals surface area contributed by atoms with Gasteiger partial charge in [-0.05, 0) is 108 Å². The molecule has 1 atom stereocenters. The van der Waals surface area contributed by atoms with Gasteiger partial charge in [0.25, 0.3) is 0 Å². The van der Waals surface area contributed by atoms with Crippen LogP contribution in [0.4, 0.5) is 0 Å². The number of aromatic nitrogens is 2. The number of nitrogens with zero attached hydrogens (tertiary/aromatic N) is 2. The fourth-order valence-corrected chi connectivity index (χ4v) is 9.57. The van der Waals surface area contributed by atoms with Gasteiger partial charge in [-0.15, -0.1) is 5.11 Å². The maximum atomic E-state index is 6.90. The van der Waals surface area contributed by atoms with Crippen molar-refractivity contribution in [1.29, 1.82) is 0 Å². The first kappa shape index (κ1) is 34.6. The lowest BCUT2D eigenvalue weighted by atomic mass is 9.22. The molecule has 10 rings (SSSR count). The quantitative estimate of drug-likeness (QED) is 0.125. The first-order chi connectivity index (χ1) is 27.1. The molecular weight excluding hydrogens is 671 g/mol. The third-order valence-electron chi connectivity index (χ3n) is 11.7. The van der Waals surface area contributed by atoms with E-state index < -0.39 is 15.7 Å². The Morgan fingerprint density at radius 1 is 0.482 bits per heavy atom. The lowest BCUT2D eigenvalue weighted by molar-refractivity contribution is 0.472. The maximum Gasteiger partial charge on any atom is 0.145 e. The van der Waals surface area contributed by atoms with Crippen LogP contribution in [0.25, 0.3) is 83.0 Å². The summed E-state index contributed by atoms with van der Waals surface area (Å²) in [5.41, 5.74) is 10.6. The summed E-state index contributed by atoms with van der Waals surface area (Å²) in [5.74, 6) is 0.884. The second-order valence-corrected chi connectivity index (χ2v) is 15.3. The van der Waals surface area contributed by atoms with E-state index >= 15 is 0 Å². The predicted molar refractivity (Wildman–Crippen MR) is 238 cm³/mol. The highest BCUT2D eigenvalue weighted by atomic mass is 15.1. The molecule has 2 nitrogen and oxygen atoms in total. The number of imidazole rings is 1. The molecule has 0 amide bonds. The average Bonchev–Trinajstić information content (AvgIpc) is 3.75. The van der Waals surface area contributed by atoms with Crippen LogP contribution in [0.15, 0.2) is 170 Å². The molecule has 0 N–H and O–H groups in total. The normalized spacial score (nSPS) is 15.3. The molecule has 0 bridgehead atoms. The molecule has 1 unspecified atom stereocenters. The summed E-state index contributed by atoms with van der Waals surface area (Å²) < 4.78 is 2.24. The van der Waals surface area contributed by atoms with Crippen LogP contribution < -0.4 is 0 Å². The van der Waals surface area contributed by atoms with E-state index in [9.17, 15) is 0 Å². The SMILES string of the molecule is [B]C([B])([B])C1(C([B])([B])C)c2ccccc2-c2ccc(-c3c4ccccc4c(-c4cccc(-c5nc6ccccc6n5-c5ccccc5)c4)c4ccccc34)cc21. The lowest BCUT2D eigenvalue weighted by Gasteiger charge is -2.55. The van der Waals surface area contributed by atoms with E-state index in [-0.39, 0.29) is 0 Å². The second kappa shape index (κ2) is 12.5. The topological polar surface area (TPSA) is 17.8 Å². The summed E-state index contributed by atoms with van der Waals surface area (Å²) >= 11 is 0. The fourth-order valence-electron chi connectivity index (χ4n) is 9.57. The van der Waals surface area contributed by atoms with Crippen LogP contribution in [0.5, 0.6) is 0 Å². The molecule has 0 aliphatic heterocycles. The van der Waals surface area contributed by atoms with Crippen molar-refractivity contribution < 1.29 is 0 Å². The predicted octanol–water partition coefficient (Wildman–Crippen LogP) is 10.7. The van der Waals surface area contributed by atoms with Crippen LogP contribution in [0.1, 0.15) is 18.1 Å². The third kappa shape index (κ3) is 4.93. The molecule has 0 spiro atoms. The Hall–Kier alpha value is -5.93. The van der Waals surface area contributed by atoms with E-state index in [0.29, 0.717) is 0 Å². The largest absolute Gasteiger partial charge is 0.292 e. The van der Waals surface area contributed by atoms with Gasteiger partial charge in [0, 0.05) is 11.3 Å². The molecule has 1 aliphatic carbocycles. The standard InChI is InChI=1S/C49H31B5N2/c1-47(50,51)48(49(52,53)54)40-23-10-9-18-34(40)35-27-26-31(29-41(35)48)45-38-21-7-5-19-36(38)44(37-20-6-8-22-39(37)45)30-14-13-15-32(28-30)46-55-42-24-11-12-25-43(42)56(46)33-16-3-2-4-17-33/h2-29H,1H3. The van der Waals surface area contributed by atoms with Gasteiger partial charge < -0.3 is 0 Å². The Kier molecular flexibility index (Phi) is 7.74. The Morgan fingerprint density at radius 2 is 1.02 bits per heavy atom. The molecular formula is C49H31B5N2. The van der Waals surface area contributed by atoms with Crippen molar-refractivity contribution in [3.8, 4) is 50.5 Å². The van der Waals surface area contributed by atoms with E-state index in [1.54, 1.807) is 6.92 Å². The fraction of sp³-hybridized carbons (Fsp3) is 0.0816. The van der Waals surface area contributed by atoms with Crippen molar-refractivity contribution in [3.05, 3.63) is 181 Å². The van der Waals surface area contributed by atoms with Crippen LogP contribution in [0, 0.1) is 0 Å². The maximum absolute atomic E-state index is 6.90. The molecule has 1 aromatic heterocycles.